The average molecular weight is 871 g/mol. The molecule has 67 heavy (non-hydrogen) atoms. The number of fused-ring (bicyclic) bond motifs is 11. The predicted octanol–water partition coefficient (Wildman–Crippen LogP) is 16.2. The number of anilines is 3. The molecule has 0 radical (unpaired) electrons. The van der Waals surface area contributed by atoms with Crippen molar-refractivity contribution in [2.75, 3.05) is 4.90 Å². The Morgan fingerprint density at radius 1 is 0.478 bits per heavy atom. The van der Waals surface area contributed by atoms with Gasteiger partial charge in [0.25, 0.3) is 0 Å². The van der Waals surface area contributed by atoms with Crippen LogP contribution in [0.15, 0.2) is 126 Å². The zero-order valence-corrected chi connectivity index (χ0v) is 41.4. The number of hydrogen-bond donors (Lipinski definition) is 0. The van der Waals surface area contributed by atoms with E-state index in [-0.39, 0.29) is 17.7 Å². The first-order valence-corrected chi connectivity index (χ1v) is 24.2. The van der Waals surface area contributed by atoms with Crippen molar-refractivity contribution in [3.05, 3.63) is 171 Å². The van der Waals surface area contributed by atoms with Crippen molar-refractivity contribution >= 4 is 78.6 Å². The molecule has 0 spiro atoms. The highest BCUT2D eigenvalue weighted by molar-refractivity contribution is 6.90. The number of aromatic nitrogens is 1. The minimum atomic E-state index is -0.122. The molecule has 3 nitrogen and oxygen atoms in total. The summed E-state index contributed by atoms with van der Waals surface area (Å²) in [4.78, 5) is 2.60. The molecule has 0 N–H and O–H groups in total. The fourth-order valence-electron chi connectivity index (χ4n) is 12.3. The van der Waals surface area contributed by atoms with Crippen molar-refractivity contribution in [1.29, 1.82) is 0 Å². The van der Waals surface area contributed by atoms with Crippen LogP contribution in [-0.2, 0) is 10.8 Å². The van der Waals surface area contributed by atoms with Crippen LogP contribution < -0.4 is 15.8 Å². The molecule has 0 unspecified atom stereocenters. The maximum absolute atomic E-state index is 7.21. The van der Waals surface area contributed by atoms with Gasteiger partial charge in [0, 0.05) is 60.8 Å². The van der Waals surface area contributed by atoms with Crippen molar-refractivity contribution in [1.82, 2.24) is 4.48 Å². The molecule has 4 heteroatoms. The van der Waals surface area contributed by atoms with Gasteiger partial charge in [-0.05, 0) is 187 Å². The molecule has 10 aromatic rings. The summed E-state index contributed by atoms with van der Waals surface area (Å²) in [6.07, 6.45) is 0. The summed E-state index contributed by atoms with van der Waals surface area (Å²) in [7, 11) is 0. The second kappa shape index (κ2) is 14.1. The van der Waals surface area contributed by atoms with E-state index in [0.29, 0.717) is 0 Å². The minimum absolute atomic E-state index is 0.00720. The molecule has 330 valence electrons. The molecule has 2 aromatic heterocycles. The number of benzene rings is 8. The van der Waals surface area contributed by atoms with Crippen molar-refractivity contribution < 1.29 is 4.42 Å². The summed E-state index contributed by atoms with van der Waals surface area (Å²) in [5.41, 5.74) is 29.6. The van der Waals surface area contributed by atoms with Gasteiger partial charge in [0.15, 0.2) is 0 Å². The molecule has 2 aliphatic rings. The van der Waals surface area contributed by atoms with Crippen LogP contribution in [0.2, 0.25) is 0 Å². The van der Waals surface area contributed by atoms with E-state index in [1.165, 1.54) is 128 Å². The molecule has 2 aliphatic heterocycles. The number of nitrogens with zero attached hydrogens (tertiary/aromatic N) is 2. The Balaban J connectivity index is 1.27. The van der Waals surface area contributed by atoms with E-state index in [4.69, 9.17) is 4.42 Å². The minimum Gasteiger partial charge on any atom is -0.455 e. The van der Waals surface area contributed by atoms with Gasteiger partial charge in [0.1, 0.15) is 11.2 Å². The lowest BCUT2D eigenvalue weighted by atomic mass is 9.45. The summed E-state index contributed by atoms with van der Waals surface area (Å²) in [5, 5.41) is 4.92. The molecule has 8 aromatic carbocycles. The summed E-state index contributed by atoms with van der Waals surface area (Å²) < 4.78 is 9.92. The van der Waals surface area contributed by atoms with Crippen LogP contribution in [-0.4, -0.2) is 11.3 Å². The van der Waals surface area contributed by atoms with Crippen LogP contribution in [0.5, 0.6) is 0 Å². The van der Waals surface area contributed by atoms with E-state index in [1.54, 1.807) is 0 Å². The molecule has 12 rings (SSSR count). The molecular formula is C63H59BN2O. The fourth-order valence-corrected chi connectivity index (χ4v) is 12.3. The lowest BCUT2D eigenvalue weighted by Crippen LogP contribution is -2.56. The van der Waals surface area contributed by atoms with E-state index in [2.05, 4.69) is 221 Å². The topological polar surface area (TPSA) is 21.3 Å². The normalized spacial score (nSPS) is 13.4. The summed E-state index contributed by atoms with van der Waals surface area (Å²) in [6, 6.07) is 47.4. The molecular weight excluding hydrogens is 812 g/mol. The van der Waals surface area contributed by atoms with Crippen LogP contribution in [0.3, 0.4) is 0 Å². The number of rotatable bonds is 3. The highest BCUT2D eigenvalue weighted by Gasteiger charge is 2.45. The Morgan fingerprint density at radius 2 is 1.12 bits per heavy atom. The number of hydrogen-bond acceptors (Lipinski definition) is 2. The van der Waals surface area contributed by atoms with Gasteiger partial charge < -0.3 is 13.8 Å². The van der Waals surface area contributed by atoms with Gasteiger partial charge >= 0.3 is 6.85 Å². The van der Waals surface area contributed by atoms with Gasteiger partial charge in [0.2, 0.25) is 0 Å². The summed E-state index contributed by atoms with van der Waals surface area (Å²) >= 11 is 0. The first kappa shape index (κ1) is 41.6. The third-order valence-corrected chi connectivity index (χ3v) is 15.2. The zero-order valence-electron chi connectivity index (χ0n) is 41.4. The summed E-state index contributed by atoms with van der Waals surface area (Å²) in [6.45, 7) is 29.6. The van der Waals surface area contributed by atoms with Gasteiger partial charge in [0.05, 0.1) is 0 Å². The van der Waals surface area contributed by atoms with Gasteiger partial charge in [-0.1, -0.05) is 119 Å². The van der Waals surface area contributed by atoms with Crippen LogP contribution >= 0.6 is 0 Å². The Hall–Kier alpha value is -6.78. The maximum Gasteiger partial charge on any atom is 0.333 e. The first-order valence-electron chi connectivity index (χ1n) is 24.2. The van der Waals surface area contributed by atoms with Gasteiger partial charge in [-0.25, -0.2) is 0 Å². The summed E-state index contributed by atoms with van der Waals surface area (Å²) in [5.74, 6) is 0. The van der Waals surface area contributed by atoms with Crippen molar-refractivity contribution in [3.8, 4) is 33.4 Å². The quantitative estimate of drug-likeness (QED) is 0.165. The second-order valence-corrected chi connectivity index (χ2v) is 22.3. The van der Waals surface area contributed by atoms with Gasteiger partial charge in [-0.3, -0.25) is 0 Å². The van der Waals surface area contributed by atoms with E-state index in [9.17, 15) is 0 Å². The van der Waals surface area contributed by atoms with E-state index in [1.807, 2.05) is 0 Å². The van der Waals surface area contributed by atoms with E-state index < -0.39 is 0 Å². The largest absolute Gasteiger partial charge is 0.455 e. The number of aryl methyl sites for hydroxylation is 7. The van der Waals surface area contributed by atoms with Crippen LogP contribution in [0.4, 0.5) is 17.1 Å². The Kier molecular flexibility index (Phi) is 8.78. The zero-order chi connectivity index (χ0) is 46.7. The Labute approximate surface area is 396 Å². The van der Waals surface area contributed by atoms with Crippen LogP contribution in [0.1, 0.15) is 91.6 Å². The molecule has 0 saturated heterocycles. The maximum atomic E-state index is 7.21. The highest BCUT2D eigenvalue weighted by atomic mass is 16.3. The standard InChI is InChI=1S/C63H59BN2O/c1-34-17-22-55-47(27-34)49-33-54-59-58(61(49)67-55)50-32-44(63(11,12)13)31-48-46-30-43(62(8,9)10)19-21-52(46)66(60(48)50)64(59)51-20-18-42(57-39(6)25-36(3)26-40(57)7)29-53(51)65(54)45-16-14-15-41(28-45)56-37(4)23-35(2)24-38(56)5/h14-33H,1-13H3. The van der Waals surface area contributed by atoms with Gasteiger partial charge in [-0.15, -0.1) is 0 Å². The molecule has 4 heterocycles. The van der Waals surface area contributed by atoms with Crippen molar-refractivity contribution in [3.63, 3.8) is 0 Å². The van der Waals surface area contributed by atoms with Crippen LogP contribution in [0.25, 0.3) is 77.1 Å². The van der Waals surface area contributed by atoms with Crippen molar-refractivity contribution in [2.45, 2.75) is 101 Å². The first-order chi connectivity index (χ1) is 31.8. The second-order valence-electron chi connectivity index (χ2n) is 22.3. The Morgan fingerprint density at radius 3 is 1.78 bits per heavy atom. The average Bonchev–Trinajstić information content (AvgIpc) is 3.78. The highest BCUT2D eigenvalue weighted by Crippen LogP contribution is 2.51. The molecule has 0 aliphatic carbocycles. The molecule has 0 saturated carbocycles. The SMILES string of the molecule is Cc1cc(C)c(-c2cccc(N3c4cc(-c5c(C)cc(C)cc5C)ccc4B4c5c3cc3c(oc6ccc(C)cc63)c5-c3cc(C(C)(C)C)cc5c6cc(C(C)(C)C)ccc6n4c35)c2)c(C)c1. The molecule has 0 bridgehead atoms. The Bertz CT molecular complexity index is 3760. The monoisotopic (exact) mass is 870 g/mol. The number of furan rings is 1. The predicted molar refractivity (Wildman–Crippen MR) is 289 cm³/mol. The molecule has 0 amide bonds. The van der Waals surface area contributed by atoms with E-state index >= 15 is 0 Å². The fraction of sp³-hybridized carbons (Fsp3) is 0.238. The van der Waals surface area contributed by atoms with Gasteiger partial charge in [-0.2, -0.15) is 0 Å². The lowest BCUT2D eigenvalue weighted by Gasteiger charge is -2.41. The van der Waals surface area contributed by atoms with Crippen LogP contribution in [0, 0.1) is 48.5 Å². The molecule has 0 fully saturated rings. The smallest absolute Gasteiger partial charge is 0.333 e. The molecule has 0 atom stereocenters. The third kappa shape index (κ3) is 6.11. The van der Waals surface area contributed by atoms with Crippen molar-refractivity contribution in [2.24, 2.45) is 0 Å². The lowest BCUT2D eigenvalue weighted by molar-refractivity contribution is 0.590. The van der Waals surface area contributed by atoms with E-state index in [0.717, 1.165) is 27.6 Å². The third-order valence-electron chi connectivity index (χ3n) is 15.2.